The fourth-order valence-corrected chi connectivity index (χ4v) is 2.66. The highest BCUT2D eigenvalue weighted by Gasteiger charge is 2.13. The van der Waals surface area contributed by atoms with Gasteiger partial charge in [-0.25, -0.2) is 0 Å². The van der Waals surface area contributed by atoms with Crippen LogP contribution in [0.2, 0.25) is 0 Å². The van der Waals surface area contributed by atoms with Crippen LogP contribution < -0.4 is 0 Å². The summed E-state index contributed by atoms with van der Waals surface area (Å²) >= 11 is 1.56. The number of nitro benzene ring substituents is 1. The van der Waals surface area contributed by atoms with Crippen LogP contribution in [0.15, 0.2) is 29.2 Å². The smallest absolute Gasteiger partial charge is 0.270 e. The second-order valence-corrected chi connectivity index (χ2v) is 5.44. The molecule has 104 valence electrons. The number of nitrogens with zero attached hydrogens (tertiary/aromatic N) is 1. The van der Waals surface area contributed by atoms with Crippen LogP contribution in [-0.4, -0.2) is 30.2 Å². The summed E-state index contributed by atoms with van der Waals surface area (Å²) in [6, 6.07) is 6.65. The number of non-ortho nitro benzene ring substituents is 1. The maximum Gasteiger partial charge on any atom is 0.270 e. The van der Waals surface area contributed by atoms with Gasteiger partial charge in [-0.05, 0) is 25.3 Å². The summed E-state index contributed by atoms with van der Waals surface area (Å²) in [4.78, 5) is 11.2. The highest BCUT2D eigenvalue weighted by atomic mass is 32.2. The first-order valence-electron chi connectivity index (χ1n) is 6.36. The summed E-state index contributed by atoms with van der Waals surface area (Å²) in [7, 11) is 0. The molecule has 1 heterocycles. The van der Waals surface area contributed by atoms with E-state index in [4.69, 9.17) is 9.47 Å². The molecule has 1 atom stereocenters. The van der Waals surface area contributed by atoms with Gasteiger partial charge in [0.25, 0.3) is 5.69 Å². The zero-order valence-electron chi connectivity index (χ0n) is 10.6. The number of ether oxygens (including phenoxy) is 2. The summed E-state index contributed by atoms with van der Waals surface area (Å²) in [6.07, 6.45) is 3.16. The molecule has 0 bridgehead atoms. The van der Waals surface area contributed by atoms with E-state index in [1.54, 1.807) is 23.9 Å². The Morgan fingerprint density at radius 3 is 3.11 bits per heavy atom. The molecule has 1 aromatic rings. The number of benzene rings is 1. The minimum atomic E-state index is -0.379. The lowest BCUT2D eigenvalue weighted by Gasteiger charge is -2.22. The van der Waals surface area contributed by atoms with Crippen LogP contribution in [0.3, 0.4) is 0 Å². The summed E-state index contributed by atoms with van der Waals surface area (Å²) in [5, 5.41) is 10.6. The first kappa shape index (κ1) is 14.3. The molecule has 2 rings (SSSR count). The van der Waals surface area contributed by atoms with Gasteiger partial charge >= 0.3 is 0 Å². The van der Waals surface area contributed by atoms with Gasteiger partial charge in [0.1, 0.15) is 0 Å². The van der Waals surface area contributed by atoms with Crippen molar-refractivity contribution in [2.24, 2.45) is 0 Å². The highest BCUT2D eigenvalue weighted by Crippen LogP contribution is 2.23. The minimum Gasteiger partial charge on any atom is -0.353 e. The number of hydrogen-bond donors (Lipinski definition) is 0. The van der Waals surface area contributed by atoms with Gasteiger partial charge in [-0.2, -0.15) is 0 Å². The molecule has 0 amide bonds. The third-order valence-corrected chi connectivity index (χ3v) is 3.78. The second kappa shape index (κ2) is 7.47. The van der Waals surface area contributed by atoms with Gasteiger partial charge in [0.05, 0.1) is 11.5 Å². The van der Waals surface area contributed by atoms with Crippen molar-refractivity contribution >= 4 is 17.4 Å². The molecule has 0 aromatic heterocycles. The predicted octanol–water partition coefficient (Wildman–Crippen LogP) is 3.23. The van der Waals surface area contributed by atoms with E-state index in [1.165, 1.54) is 6.07 Å². The quantitative estimate of drug-likeness (QED) is 0.347. The van der Waals surface area contributed by atoms with E-state index in [1.807, 2.05) is 6.07 Å². The molecule has 1 saturated heterocycles. The van der Waals surface area contributed by atoms with Crippen LogP contribution in [0.25, 0.3) is 0 Å². The number of rotatable bonds is 6. The normalized spacial score (nSPS) is 19.3. The Bertz CT molecular complexity index is 421. The topological polar surface area (TPSA) is 61.6 Å². The summed E-state index contributed by atoms with van der Waals surface area (Å²) in [5.74, 6) is 0.765. The molecule has 0 N–H and O–H groups in total. The molecule has 1 aliphatic rings. The number of thioether (sulfide) groups is 1. The van der Waals surface area contributed by atoms with Crippen molar-refractivity contribution in [2.45, 2.75) is 30.4 Å². The summed E-state index contributed by atoms with van der Waals surface area (Å²) in [6.45, 7) is 1.38. The van der Waals surface area contributed by atoms with Crippen molar-refractivity contribution < 1.29 is 14.4 Å². The Labute approximate surface area is 116 Å². The van der Waals surface area contributed by atoms with E-state index in [9.17, 15) is 10.1 Å². The second-order valence-electron chi connectivity index (χ2n) is 4.27. The number of nitro groups is 1. The van der Waals surface area contributed by atoms with Gasteiger partial charge in [-0.15, -0.1) is 11.8 Å². The average Bonchev–Trinajstić information content (AvgIpc) is 2.45. The average molecular weight is 283 g/mol. The molecule has 0 aliphatic carbocycles. The van der Waals surface area contributed by atoms with Crippen LogP contribution in [0.1, 0.15) is 19.3 Å². The van der Waals surface area contributed by atoms with Gasteiger partial charge in [-0.1, -0.05) is 6.07 Å². The van der Waals surface area contributed by atoms with E-state index in [0.717, 1.165) is 36.5 Å². The lowest BCUT2D eigenvalue weighted by molar-refractivity contribution is -0.385. The Morgan fingerprint density at radius 2 is 2.37 bits per heavy atom. The van der Waals surface area contributed by atoms with Crippen LogP contribution >= 0.6 is 11.8 Å². The molecule has 6 heteroatoms. The molecule has 5 nitrogen and oxygen atoms in total. The van der Waals surface area contributed by atoms with E-state index in [2.05, 4.69) is 0 Å². The maximum absolute atomic E-state index is 10.6. The highest BCUT2D eigenvalue weighted by molar-refractivity contribution is 7.99. The maximum atomic E-state index is 10.6. The van der Waals surface area contributed by atoms with Gasteiger partial charge in [0.2, 0.25) is 0 Å². The summed E-state index contributed by atoms with van der Waals surface area (Å²) in [5.41, 5.74) is 0.126. The summed E-state index contributed by atoms with van der Waals surface area (Å²) < 4.78 is 11.1. The molecular weight excluding hydrogens is 266 g/mol. The first-order valence-corrected chi connectivity index (χ1v) is 7.35. The zero-order chi connectivity index (χ0) is 13.5. The van der Waals surface area contributed by atoms with E-state index < -0.39 is 0 Å². The van der Waals surface area contributed by atoms with Crippen LogP contribution in [0.4, 0.5) is 5.69 Å². The van der Waals surface area contributed by atoms with Crippen molar-refractivity contribution in [1.29, 1.82) is 0 Å². The van der Waals surface area contributed by atoms with Gasteiger partial charge in [0, 0.05) is 29.4 Å². The van der Waals surface area contributed by atoms with Crippen LogP contribution in [0, 0.1) is 10.1 Å². The zero-order valence-corrected chi connectivity index (χ0v) is 11.4. The Hall–Kier alpha value is -1.11. The Balaban J connectivity index is 1.70. The third kappa shape index (κ3) is 4.81. The fourth-order valence-electron chi connectivity index (χ4n) is 1.87. The van der Waals surface area contributed by atoms with E-state index >= 15 is 0 Å². The lowest BCUT2D eigenvalue weighted by Crippen LogP contribution is -2.23. The molecular formula is C13H17NO4S. The van der Waals surface area contributed by atoms with Crippen molar-refractivity contribution in [1.82, 2.24) is 0 Å². The van der Waals surface area contributed by atoms with Crippen LogP contribution in [0.5, 0.6) is 0 Å². The first-order chi connectivity index (χ1) is 9.25. The van der Waals surface area contributed by atoms with Crippen molar-refractivity contribution in [2.75, 3.05) is 19.0 Å². The largest absolute Gasteiger partial charge is 0.353 e. The molecule has 0 saturated carbocycles. The van der Waals surface area contributed by atoms with E-state index in [-0.39, 0.29) is 16.9 Å². The third-order valence-electron chi connectivity index (χ3n) is 2.82. The molecule has 1 fully saturated rings. The lowest BCUT2D eigenvalue weighted by atomic mass is 10.2. The molecule has 1 aromatic carbocycles. The van der Waals surface area contributed by atoms with Gasteiger partial charge < -0.3 is 9.47 Å². The molecule has 1 aliphatic heterocycles. The Morgan fingerprint density at radius 1 is 1.47 bits per heavy atom. The predicted molar refractivity (Wildman–Crippen MR) is 73.4 cm³/mol. The molecule has 19 heavy (non-hydrogen) atoms. The molecule has 0 radical (unpaired) electrons. The SMILES string of the molecule is O=[N+]([O-])c1cccc(SCCO[C@@H]2CCCCO2)c1. The van der Waals surface area contributed by atoms with Gasteiger partial charge in [0.15, 0.2) is 6.29 Å². The van der Waals surface area contributed by atoms with Crippen LogP contribution in [-0.2, 0) is 9.47 Å². The van der Waals surface area contributed by atoms with Crippen molar-refractivity contribution in [3.05, 3.63) is 34.4 Å². The van der Waals surface area contributed by atoms with Crippen molar-refractivity contribution in [3.8, 4) is 0 Å². The fraction of sp³-hybridized carbons (Fsp3) is 0.538. The number of hydrogen-bond acceptors (Lipinski definition) is 5. The Kier molecular flexibility index (Phi) is 5.62. The van der Waals surface area contributed by atoms with Gasteiger partial charge in [-0.3, -0.25) is 10.1 Å². The molecule has 0 unspecified atom stereocenters. The van der Waals surface area contributed by atoms with Crippen molar-refractivity contribution in [3.63, 3.8) is 0 Å². The van der Waals surface area contributed by atoms with E-state index in [0.29, 0.717) is 6.61 Å². The molecule has 0 spiro atoms. The minimum absolute atomic E-state index is 0.0699. The monoisotopic (exact) mass is 283 g/mol. The standard InChI is InChI=1S/C13H17NO4S/c15-14(16)11-4-3-5-12(10-11)19-9-8-18-13-6-1-2-7-17-13/h3-5,10,13H,1-2,6-9H2/t13-/m1/s1.